The largest absolute Gasteiger partial charge is 0.337 e. The molecular weight excluding hydrogens is 234 g/mol. The van der Waals surface area contributed by atoms with Crippen molar-refractivity contribution < 1.29 is 4.79 Å². The van der Waals surface area contributed by atoms with E-state index >= 15 is 0 Å². The van der Waals surface area contributed by atoms with E-state index in [2.05, 4.69) is 18.8 Å². The molecular formula is C12H21N3OS. The summed E-state index contributed by atoms with van der Waals surface area (Å²) in [6.07, 6.45) is 0. The molecule has 96 valence electrons. The van der Waals surface area contributed by atoms with Crippen LogP contribution in [-0.2, 0) is 0 Å². The van der Waals surface area contributed by atoms with Gasteiger partial charge >= 0.3 is 0 Å². The van der Waals surface area contributed by atoms with E-state index in [9.17, 15) is 4.79 Å². The van der Waals surface area contributed by atoms with Gasteiger partial charge < -0.3 is 10.6 Å². The van der Waals surface area contributed by atoms with Crippen LogP contribution in [0, 0.1) is 5.92 Å². The van der Waals surface area contributed by atoms with Crippen LogP contribution in [0.3, 0.4) is 0 Å². The zero-order chi connectivity index (χ0) is 13.2. The summed E-state index contributed by atoms with van der Waals surface area (Å²) in [5.41, 5.74) is 6.23. The molecule has 0 aliphatic rings. The van der Waals surface area contributed by atoms with E-state index in [4.69, 9.17) is 5.73 Å². The van der Waals surface area contributed by atoms with E-state index in [1.165, 1.54) is 11.3 Å². The maximum absolute atomic E-state index is 12.2. The number of hydrogen-bond donors (Lipinski definition) is 1. The highest BCUT2D eigenvalue weighted by atomic mass is 32.1. The molecule has 1 aromatic rings. The van der Waals surface area contributed by atoms with Crippen LogP contribution in [-0.4, -0.2) is 28.9 Å². The van der Waals surface area contributed by atoms with Gasteiger partial charge in [0.15, 0.2) is 0 Å². The molecule has 17 heavy (non-hydrogen) atoms. The van der Waals surface area contributed by atoms with Gasteiger partial charge in [-0.05, 0) is 19.8 Å². The summed E-state index contributed by atoms with van der Waals surface area (Å²) in [5, 5.41) is 2.59. The predicted molar refractivity (Wildman–Crippen MR) is 71.1 cm³/mol. The molecule has 0 spiro atoms. The molecule has 0 bridgehead atoms. The number of rotatable bonds is 4. The van der Waals surface area contributed by atoms with Gasteiger partial charge in [-0.15, -0.1) is 11.3 Å². The van der Waals surface area contributed by atoms with Crippen LogP contribution in [0.5, 0.6) is 0 Å². The first-order valence-corrected chi connectivity index (χ1v) is 6.70. The zero-order valence-electron chi connectivity index (χ0n) is 11.1. The number of amides is 1. The second-order valence-electron chi connectivity index (χ2n) is 4.76. The first kappa shape index (κ1) is 14.1. The minimum atomic E-state index is -0.116. The van der Waals surface area contributed by atoms with E-state index in [0.29, 0.717) is 11.6 Å². The number of nitrogens with two attached hydrogens (primary N) is 1. The van der Waals surface area contributed by atoms with Crippen LogP contribution in [0.25, 0.3) is 0 Å². The molecule has 5 heteroatoms. The molecule has 2 atom stereocenters. The van der Waals surface area contributed by atoms with Gasteiger partial charge in [0, 0.05) is 18.5 Å². The van der Waals surface area contributed by atoms with Crippen LogP contribution < -0.4 is 5.73 Å². The van der Waals surface area contributed by atoms with Crippen molar-refractivity contribution in [3.05, 3.63) is 16.1 Å². The molecule has 0 fully saturated rings. The van der Waals surface area contributed by atoms with Crippen LogP contribution in [0.4, 0.5) is 0 Å². The number of hydrogen-bond acceptors (Lipinski definition) is 4. The second-order valence-corrected chi connectivity index (χ2v) is 5.65. The standard InChI is InChI=1S/C12H21N3OS/c1-7(2)9(4)15(5)12(16)10-6-17-11(14-10)8(3)13/h6-9H,13H2,1-5H3. The van der Waals surface area contributed by atoms with Crippen molar-refractivity contribution in [1.29, 1.82) is 0 Å². The van der Waals surface area contributed by atoms with Gasteiger partial charge in [-0.25, -0.2) is 4.98 Å². The molecule has 0 aromatic carbocycles. The van der Waals surface area contributed by atoms with Crippen LogP contribution >= 0.6 is 11.3 Å². The van der Waals surface area contributed by atoms with Gasteiger partial charge in [-0.3, -0.25) is 4.79 Å². The number of carbonyl (C=O) groups excluding carboxylic acids is 1. The smallest absolute Gasteiger partial charge is 0.273 e. The maximum Gasteiger partial charge on any atom is 0.273 e. The van der Waals surface area contributed by atoms with Crippen molar-refractivity contribution in [2.24, 2.45) is 11.7 Å². The Balaban J connectivity index is 2.81. The maximum atomic E-state index is 12.2. The Bertz CT molecular complexity index is 387. The normalized spacial score (nSPS) is 14.8. The summed E-state index contributed by atoms with van der Waals surface area (Å²) < 4.78 is 0. The highest BCUT2D eigenvalue weighted by Crippen LogP contribution is 2.18. The molecule has 2 unspecified atom stereocenters. The minimum absolute atomic E-state index is 0.0330. The van der Waals surface area contributed by atoms with Gasteiger partial charge in [-0.1, -0.05) is 13.8 Å². The highest BCUT2D eigenvalue weighted by molar-refractivity contribution is 7.09. The Morgan fingerprint density at radius 2 is 2.00 bits per heavy atom. The molecule has 2 N–H and O–H groups in total. The summed E-state index contributed by atoms with van der Waals surface area (Å²) in [4.78, 5) is 18.2. The topological polar surface area (TPSA) is 59.2 Å². The lowest BCUT2D eigenvalue weighted by molar-refractivity contribution is 0.0701. The summed E-state index contributed by atoms with van der Waals surface area (Å²) in [5.74, 6) is 0.393. The molecule has 0 aliphatic carbocycles. The average molecular weight is 255 g/mol. The Morgan fingerprint density at radius 3 is 2.41 bits per heavy atom. The SMILES string of the molecule is CC(N)c1nc(C(=O)N(C)C(C)C(C)C)cs1. The third-order valence-electron chi connectivity index (χ3n) is 3.03. The highest BCUT2D eigenvalue weighted by Gasteiger charge is 2.22. The van der Waals surface area contributed by atoms with Crippen LogP contribution in [0.1, 0.15) is 49.2 Å². The molecule has 0 aliphatic heterocycles. The lowest BCUT2D eigenvalue weighted by atomic mass is 10.1. The van der Waals surface area contributed by atoms with Crippen LogP contribution in [0.2, 0.25) is 0 Å². The quantitative estimate of drug-likeness (QED) is 0.898. The van der Waals surface area contributed by atoms with Crippen molar-refractivity contribution in [2.75, 3.05) is 7.05 Å². The Kier molecular flexibility index (Phi) is 4.65. The van der Waals surface area contributed by atoms with Crippen molar-refractivity contribution in [2.45, 2.75) is 39.8 Å². The van der Waals surface area contributed by atoms with Gasteiger partial charge in [-0.2, -0.15) is 0 Å². The summed E-state index contributed by atoms with van der Waals surface area (Å²) in [6.45, 7) is 8.11. The number of aromatic nitrogens is 1. The van der Waals surface area contributed by atoms with Crippen LogP contribution in [0.15, 0.2) is 5.38 Å². The first-order valence-electron chi connectivity index (χ1n) is 5.82. The first-order chi connectivity index (χ1) is 7.84. The van der Waals surface area contributed by atoms with E-state index in [0.717, 1.165) is 5.01 Å². The molecule has 1 heterocycles. The second kappa shape index (κ2) is 5.60. The molecule has 1 rings (SSSR count). The van der Waals surface area contributed by atoms with Crippen molar-refractivity contribution in [3.63, 3.8) is 0 Å². The van der Waals surface area contributed by atoms with E-state index in [1.54, 1.807) is 10.3 Å². The van der Waals surface area contributed by atoms with Crippen molar-refractivity contribution in [1.82, 2.24) is 9.88 Å². The lowest BCUT2D eigenvalue weighted by Gasteiger charge is -2.27. The van der Waals surface area contributed by atoms with Gasteiger partial charge in [0.05, 0.1) is 6.04 Å². The predicted octanol–water partition coefficient (Wildman–Crippen LogP) is 2.28. The fourth-order valence-electron chi connectivity index (χ4n) is 1.41. The monoisotopic (exact) mass is 255 g/mol. The minimum Gasteiger partial charge on any atom is -0.337 e. The Labute approximate surface area is 107 Å². The molecule has 1 amide bonds. The van der Waals surface area contributed by atoms with E-state index in [1.807, 2.05) is 20.9 Å². The van der Waals surface area contributed by atoms with E-state index < -0.39 is 0 Å². The zero-order valence-corrected chi connectivity index (χ0v) is 11.9. The van der Waals surface area contributed by atoms with Crippen molar-refractivity contribution in [3.8, 4) is 0 Å². The average Bonchev–Trinajstić information content (AvgIpc) is 2.75. The molecule has 0 saturated carbocycles. The fraction of sp³-hybridized carbons (Fsp3) is 0.667. The third kappa shape index (κ3) is 3.26. The summed E-state index contributed by atoms with van der Waals surface area (Å²) in [7, 11) is 1.82. The van der Waals surface area contributed by atoms with Gasteiger partial charge in [0.1, 0.15) is 10.7 Å². The number of nitrogens with zero attached hydrogens (tertiary/aromatic N) is 2. The number of carbonyl (C=O) groups is 1. The summed E-state index contributed by atoms with van der Waals surface area (Å²) >= 11 is 1.44. The fourth-order valence-corrected chi connectivity index (χ4v) is 2.16. The molecule has 0 radical (unpaired) electrons. The van der Waals surface area contributed by atoms with Crippen molar-refractivity contribution >= 4 is 17.2 Å². The molecule has 0 saturated heterocycles. The number of thiazole rings is 1. The molecule has 1 aromatic heterocycles. The summed E-state index contributed by atoms with van der Waals surface area (Å²) in [6, 6.07) is 0.0809. The van der Waals surface area contributed by atoms with Gasteiger partial charge in [0.2, 0.25) is 0 Å². The molecule has 4 nitrogen and oxygen atoms in total. The van der Waals surface area contributed by atoms with Gasteiger partial charge in [0.25, 0.3) is 5.91 Å². The Hall–Kier alpha value is -0.940. The third-order valence-corrected chi connectivity index (χ3v) is 4.07. The lowest BCUT2D eigenvalue weighted by Crippen LogP contribution is -2.38. The van der Waals surface area contributed by atoms with E-state index in [-0.39, 0.29) is 18.0 Å². The Morgan fingerprint density at radius 1 is 1.41 bits per heavy atom.